The van der Waals surface area contributed by atoms with Gasteiger partial charge in [0.05, 0.1) is 19.4 Å². The number of fused-ring (bicyclic) bond motifs is 1. The van der Waals surface area contributed by atoms with Crippen LogP contribution in [-0.4, -0.2) is 31.1 Å². The molecule has 1 aliphatic rings. The van der Waals surface area contributed by atoms with Crippen LogP contribution in [0, 0.1) is 0 Å². The monoisotopic (exact) mass is 384 g/mol. The van der Waals surface area contributed by atoms with Gasteiger partial charge in [0.1, 0.15) is 22.9 Å². The molecule has 0 spiro atoms. The number of ether oxygens (including phenoxy) is 3. The van der Waals surface area contributed by atoms with Gasteiger partial charge in [-0.05, 0) is 56.7 Å². The summed E-state index contributed by atoms with van der Waals surface area (Å²) in [6, 6.07) is 12.5. The zero-order chi connectivity index (χ0) is 20.1. The van der Waals surface area contributed by atoms with Gasteiger partial charge in [0, 0.05) is 6.42 Å². The fourth-order valence-electron chi connectivity index (χ4n) is 2.74. The molecule has 2 aromatic carbocycles. The second-order valence-electron chi connectivity index (χ2n) is 6.92. The summed E-state index contributed by atoms with van der Waals surface area (Å²) >= 11 is 0. The highest BCUT2D eigenvalue weighted by Crippen LogP contribution is 2.38. The summed E-state index contributed by atoms with van der Waals surface area (Å²) in [5.41, 5.74) is 0.0473. The molecule has 0 atom stereocenters. The fourth-order valence-corrected chi connectivity index (χ4v) is 2.74. The molecule has 0 aliphatic carbocycles. The maximum absolute atomic E-state index is 12.3. The van der Waals surface area contributed by atoms with Crippen LogP contribution < -0.4 is 24.8 Å². The van der Waals surface area contributed by atoms with Crippen LogP contribution in [0.1, 0.15) is 26.7 Å². The highest BCUT2D eigenvalue weighted by molar-refractivity contribution is 6.05. The Bertz CT molecular complexity index is 862. The average molecular weight is 384 g/mol. The van der Waals surface area contributed by atoms with Crippen molar-refractivity contribution >= 4 is 23.2 Å². The summed E-state index contributed by atoms with van der Waals surface area (Å²) in [4.78, 5) is 24.4. The molecule has 0 radical (unpaired) electrons. The van der Waals surface area contributed by atoms with E-state index in [9.17, 15) is 9.59 Å². The van der Waals surface area contributed by atoms with Gasteiger partial charge in [0.2, 0.25) is 5.91 Å². The summed E-state index contributed by atoms with van der Waals surface area (Å²) < 4.78 is 16.4. The van der Waals surface area contributed by atoms with Crippen molar-refractivity contribution in [1.29, 1.82) is 0 Å². The number of carbonyl (C=O) groups excluding carboxylic acids is 2. The van der Waals surface area contributed by atoms with Crippen molar-refractivity contribution in [3.8, 4) is 17.2 Å². The third-order valence-corrected chi connectivity index (χ3v) is 4.33. The topological polar surface area (TPSA) is 85.9 Å². The molecular weight excluding hydrogens is 360 g/mol. The van der Waals surface area contributed by atoms with Gasteiger partial charge in [-0.2, -0.15) is 0 Å². The Balaban J connectivity index is 1.51. The summed E-state index contributed by atoms with van der Waals surface area (Å²) in [5.74, 6) is 1.60. The molecule has 2 amide bonds. The van der Waals surface area contributed by atoms with Gasteiger partial charge in [-0.3, -0.25) is 9.59 Å². The van der Waals surface area contributed by atoms with Gasteiger partial charge in [-0.25, -0.2) is 0 Å². The van der Waals surface area contributed by atoms with E-state index in [1.165, 1.54) is 0 Å². The lowest BCUT2D eigenvalue weighted by Crippen LogP contribution is -2.45. The van der Waals surface area contributed by atoms with E-state index >= 15 is 0 Å². The van der Waals surface area contributed by atoms with Crippen molar-refractivity contribution in [2.45, 2.75) is 32.3 Å². The second kappa shape index (κ2) is 8.21. The Morgan fingerprint density at radius 2 is 1.86 bits per heavy atom. The number of anilines is 2. The predicted molar refractivity (Wildman–Crippen MR) is 106 cm³/mol. The van der Waals surface area contributed by atoms with Crippen LogP contribution in [-0.2, 0) is 9.59 Å². The summed E-state index contributed by atoms with van der Waals surface area (Å²) in [6.07, 6.45) is 0.850. The second-order valence-corrected chi connectivity index (χ2v) is 6.92. The van der Waals surface area contributed by atoms with Crippen LogP contribution in [0.2, 0.25) is 0 Å². The van der Waals surface area contributed by atoms with Crippen LogP contribution in [0.4, 0.5) is 11.4 Å². The number of benzene rings is 2. The number of carbonyl (C=O) groups is 2. The lowest BCUT2D eigenvalue weighted by atomic mass is 10.1. The molecule has 1 aliphatic heterocycles. The van der Waals surface area contributed by atoms with E-state index in [0.717, 1.165) is 11.5 Å². The zero-order valence-electron chi connectivity index (χ0n) is 16.2. The predicted octanol–water partition coefficient (Wildman–Crippen LogP) is 3.60. The van der Waals surface area contributed by atoms with Crippen LogP contribution in [0.5, 0.6) is 17.2 Å². The Hall–Kier alpha value is -3.22. The van der Waals surface area contributed by atoms with Gasteiger partial charge in [0.15, 0.2) is 5.60 Å². The van der Waals surface area contributed by atoms with Crippen molar-refractivity contribution in [3.05, 3.63) is 42.5 Å². The third kappa shape index (κ3) is 4.54. The van der Waals surface area contributed by atoms with Crippen molar-refractivity contribution in [1.82, 2.24) is 0 Å². The van der Waals surface area contributed by atoms with Crippen molar-refractivity contribution < 1.29 is 23.8 Å². The van der Waals surface area contributed by atoms with Gasteiger partial charge in [-0.1, -0.05) is 6.07 Å². The molecule has 0 saturated carbocycles. The number of hydrogen-bond acceptors (Lipinski definition) is 5. The standard InChI is InChI=1S/C21H24N2O5/c1-21(2)20(25)23-19-16(6-4-7-17(19)28-21)22-18(24)8-5-13-27-15-11-9-14(26-3)10-12-15/h4,6-7,9-12H,5,8,13H2,1-3H3,(H,22,24)(H,23,25). The lowest BCUT2D eigenvalue weighted by Gasteiger charge is -2.32. The van der Waals surface area contributed by atoms with E-state index in [1.807, 2.05) is 24.3 Å². The number of hydrogen-bond donors (Lipinski definition) is 2. The first-order chi connectivity index (χ1) is 13.4. The Kier molecular flexibility index (Phi) is 5.73. The third-order valence-electron chi connectivity index (χ3n) is 4.33. The average Bonchev–Trinajstić information content (AvgIpc) is 2.67. The van der Waals surface area contributed by atoms with Crippen molar-refractivity contribution in [2.75, 3.05) is 24.4 Å². The van der Waals surface area contributed by atoms with Crippen LogP contribution in [0.3, 0.4) is 0 Å². The maximum atomic E-state index is 12.3. The quantitative estimate of drug-likeness (QED) is 0.713. The van der Waals surface area contributed by atoms with Gasteiger partial charge >= 0.3 is 0 Å². The first kappa shape index (κ1) is 19.5. The number of para-hydroxylation sites is 1. The molecule has 148 valence electrons. The molecule has 1 heterocycles. The van der Waals surface area contributed by atoms with Gasteiger partial charge in [-0.15, -0.1) is 0 Å². The summed E-state index contributed by atoms with van der Waals surface area (Å²) in [6.45, 7) is 3.80. The number of rotatable bonds is 7. The zero-order valence-corrected chi connectivity index (χ0v) is 16.2. The van der Waals surface area contributed by atoms with Crippen LogP contribution >= 0.6 is 0 Å². The number of methoxy groups -OCH3 is 1. The fraction of sp³-hybridized carbons (Fsp3) is 0.333. The van der Waals surface area contributed by atoms with E-state index < -0.39 is 5.60 Å². The van der Waals surface area contributed by atoms with E-state index in [-0.39, 0.29) is 11.8 Å². The molecule has 7 nitrogen and oxygen atoms in total. The number of nitrogens with one attached hydrogen (secondary N) is 2. The number of amides is 2. The first-order valence-electron chi connectivity index (χ1n) is 9.09. The van der Waals surface area contributed by atoms with E-state index in [2.05, 4.69) is 10.6 Å². The van der Waals surface area contributed by atoms with Gasteiger partial charge in [0.25, 0.3) is 5.91 Å². The minimum atomic E-state index is -0.950. The molecular formula is C21H24N2O5. The first-order valence-corrected chi connectivity index (χ1v) is 9.09. The molecule has 28 heavy (non-hydrogen) atoms. The largest absolute Gasteiger partial charge is 0.497 e. The normalized spacial score (nSPS) is 14.3. The smallest absolute Gasteiger partial charge is 0.268 e. The molecule has 0 fully saturated rings. The maximum Gasteiger partial charge on any atom is 0.268 e. The molecule has 2 N–H and O–H groups in total. The molecule has 7 heteroatoms. The van der Waals surface area contributed by atoms with Gasteiger partial charge < -0.3 is 24.8 Å². The van der Waals surface area contributed by atoms with Crippen molar-refractivity contribution in [3.63, 3.8) is 0 Å². The lowest BCUT2D eigenvalue weighted by molar-refractivity contribution is -0.129. The van der Waals surface area contributed by atoms with Crippen LogP contribution in [0.25, 0.3) is 0 Å². The minimum absolute atomic E-state index is 0.161. The van der Waals surface area contributed by atoms with E-state index in [0.29, 0.717) is 36.6 Å². The highest BCUT2D eigenvalue weighted by Gasteiger charge is 2.36. The molecule has 0 saturated heterocycles. The SMILES string of the molecule is COc1ccc(OCCCC(=O)Nc2cccc3c2NC(=O)C(C)(C)O3)cc1. The Morgan fingerprint density at radius 3 is 2.57 bits per heavy atom. The summed E-state index contributed by atoms with van der Waals surface area (Å²) in [7, 11) is 1.61. The molecule has 0 aromatic heterocycles. The van der Waals surface area contributed by atoms with E-state index in [1.54, 1.807) is 39.2 Å². The Labute approximate surface area is 164 Å². The van der Waals surface area contributed by atoms with E-state index in [4.69, 9.17) is 14.2 Å². The summed E-state index contributed by atoms with van der Waals surface area (Å²) in [5, 5.41) is 5.63. The Morgan fingerprint density at radius 1 is 1.14 bits per heavy atom. The van der Waals surface area contributed by atoms with Crippen LogP contribution in [0.15, 0.2) is 42.5 Å². The molecule has 2 aromatic rings. The molecule has 0 bridgehead atoms. The molecule has 0 unspecified atom stereocenters. The van der Waals surface area contributed by atoms with Crippen molar-refractivity contribution in [2.24, 2.45) is 0 Å². The minimum Gasteiger partial charge on any atom is -0.497 e. The highest BCUT2D eigenvalue weighted by atomic mass is 16.5. The molecule has 3 rings (SSSR count).